The Morgan fingerprint density at radius 2 is 1.76 bits per heavy atom. The number of hydrogen-bond donors (Lipinski definition) is 0. The predicted molar refractivity (Wildman–Crippen MR) is 119 cm³/mol. The third-order valence-electron chi connectivity index (χ3n) is 6.30. The standard InChI is InChI=1S/C23H26ClF3N2O3S/c1-28(33(30,31)22-12-19(26)18(25)11-20(22)27)13-15-9-17(10-15)32-21-6-4-5-16(23(21)24)14-29-7-2-3-8-29/h4-6,11-12,15,17H,2-3,7-10,13-14H2,1H3. The minimum Gasteiger partial charge on any atom is -0.489 e. The fourth-order valence-electron chi connectivity index (χ4n) is 4.38. The highest BCUT2D eigenvalue weighted by Gasteiger charge is 2.36. The van der Waals surface area contributed by atoms with Gasteiger partial charge in [-0.1, -0.05) is 23.7 Å². The molecular formula is C23H26ClF3N2O3S. The SMILES string of the molecule is CN(CC1CC(Oc2cccc(CN3CCCC3)c2Cl)C1)S(=O)(=O)c1cc(F)c(F)cc1F. The van der Waals surface area contributed by atoms with Crippen LogP contribution in [-0.2, 0) is 16.6 Å². The summed E-state index contributed by atoms with van der Waals surface area (Å²) in [5, 5.41) is 0.598. The first kappa shape index (κ1) is 24.3. The Morgan fingerprint density at radius 3 is 2.45 bits per heavy atom. The van der Waals surface area contributed by atoms with E-state index in [1.807, 2.05) is 18.2 Å². The molecule has 1 saturated carbocycles. The molecule has 1 aliphatic heterocycles. The van der Waals surface area contributed by atoms with Gasteiger partial charge in [-0.25, -0.2) is 25.9 Å². The van der Waals surface area contributed by atoms with E-state index >= 15 is 0 Å². The molecule has 1 aliphatic carbocycles. The molecule has 2 aromatic rings. The summed E-state index contributed by atoms with van der Waals surface area (Å²) in [5.41, 5.74) is 1.02. The maximum absolute atomic E-state index is 14.0. The van der Waals surface area contributed by atoms with Crippen molar-refractivity contribution in [2.45, 2.75) is 43.2 Å². The van der Waals surface area contributed by atoms with Crippen molar-refractivity contribution >= 4 is 21.6 Å². The van der Waals surface area contributed by atoms with Crippen LogP contribution in [0.4, 0.5) is 13.2 Å². The van der Waals surface area contributed by atoms with E-state index in [1.54, 1.807) is 0 Å². The van der Waals surface area contributed by atoms with Crippen LogP contribution in [0, 0.1) is 23.4 Å². The van der Waals surface area contributed by atoms with Crippen LogP contribution in [0.3, 0.4) is 0 Å². The van der Waals surface area contributed by atoms with Crippen LogP contribution < -0.4 is 4.74 Å². The van der Waals surface area contributed by atoms with Crippen molar-refractivity contribution in [2.24, 2.45) is 5.92 Å². The molecule has 0 bridgehead atoms. The van der Waals surface area contributed by atoms with Gasteiger partial charge >= 0.3 is 0 Å². The number of nitrogens with zero attached hydrogens (tertiary/aromatic N) is 2. The molecular weight excluding hydrogens is 477 g/mol. The number of hydrogen-bond acceptors (Lipinski definition) is 4. The van der Waals surface area contributed by atoms with Gasteiger partial charge in [0.1, 0.15) is 16.5 Å². The van der Waals surface area contributed by atoms with E-state index in [2.05, 4.69) is 4.90 Å². The van der Waals surface area contributed by atoms with Gasteiger partial charge in [0.05, 0.1) is 11.1 Å². The summed E-state index contributed by atoms with van der Waals surface area (Å²) in [7, 11) is -3.00. The maximum atomic E-state index is 14.0. The normalized spacial score (nSPS) is 21.4. The number of ether oxygens (including phenoxy) is 1. The monoisotopic (exact) mass is 502 g/mol. The summed E-state index contributed by atoms with van der Waals surface area (Å²) in [4.78, 5) is 1.48. The van der Waals surface area contributed by atoms with Gasteiger partial charge in [0.2, 0.25) is 10.0 Å². The summed E-state index contributed by atoms with van der Waals surface area (Å²) in [6, 6.07) is 6.35. The largest absolute Gasteiger partial charge is 0.489 e. The van der Waals surface area contributed by atoms with Gasteiger partial charge in [-0.15, -0.1) is 0 Å². The van der Waals surface area contributed by atoms with Crippen LogP contribution in [0.25, 0.3) is 0 Å². The highest BCUT2D eigenvalue weighted by Crippen LogP contribution is 2.37. The lowest BCUT2D eigenvalue weighted by atomic mass is 9.82. The van der Waals surface area contributed by atoms with Gasteiger partial charge in [0.15, 0.2) is 11.6 Å². The van der Waals surface area contributed by atoms with Crippen LogP contribution >= 0.6 is 11.6 Å². The van der Waals surface area contributed by atoms with Gasteiger partial charge in [-0.3, -0.25) is 4.90 Å². The van der Waals surface area contributed by atoms with Crippen molar-refractivity contribution < 1.29 is 26.3 Å². The lowest BCUT2D eigenvalue weighted by molar-refractivity contribution is 0.0575. The second kappa shape index (κ2) is 9.82. The molecule has 2 aromatic carbocycles. The molecule has 0 aromatic heterocycles. The minimum absolute atomic E-state index is 0.00492. The second-order valence-corrected chi connectivity index (χ2v) is 11.2. The molecule has 2 aliphatic rings. The summed E-state index contributed by atoms with van der Waals surface area (Å²) in [6.45, 7) is 3.03. The zero-order valence-corrected chi connectivity index (χ0v) is 19.8. The molecule has 0 N–H and O–H groups in total. The third-order valence-corrected chi connectivity index (χ3v) is 8.57. The average molecular weight is 503 g/mol. The highest BCUT2D eigenvalue weighted by molar-refractivity contribution is 7.89. The number of sulfonamides is 1. The number of likely N-dealkylation sites (tertiary alicyclic amines) is 1. The van der Waals surface area contributed by atoms with Crippen molar-refractivity contribution in [3.05, 3.63) is 58.4 Å². The Labute approximate surface area is 197 Å². The quantitative estimate of drug-likeness (QED) is 0.485. The Hall–Kier alpha value is -1.81. The molecule has 0 amide bonds. The zero-order chi connectivity index (χ0) is 23.8. The van der Waals surface area contributed by atoms with Crippen LogP contribution in [0.5, 0.6) is 5.75 Å². The average Bonchev–Trinajstić information content (AvgIpc) is 3.24. The van der Waals surface area contributed by atoms with Crippen LogP contribution in [0.1, 0.15) is 31.2 Å². The zero-order valence-electron chi connectivity index (χ0n) is 18.2. The fourth-order valence-corrected chi connectivity index (χ4v) is 5.91. The molecule has 1 heterocycles. The molecule has 180 valence electrons. The molecule has 0 spiro atoms. The maximum Gasteiger partial charge on any atom is 0.245 e. The van der Waals surface area contributed by atoms with Crippen LogP contribution in [-0.4, -0.2) is 50.4 Å². The molecule has 10 heteroatoms. The van der Waals surface area contributed by atoms with Crippen LogP contribution in [0.2, 0.25) is 5.02 Å². The molecule has 4 rings (SSSR count). The first-order valence-electron chi connectivity index (χ1n) is 10.9. The summed E-state index contributed by atoms with van der Waals surface area (Å²) in [5.74, 6) is -3.56. The van der Waals surface area contributed by atoms with E-state index in [1.165, 1.54) is 19.9 Å². The Morgan fingerprint density at radius 1 is 1.09 bits per heavy atom. The summed E-state index contributed by atoms with van der Waals surface area (Å²) < 4.78 is 72.9. The first-order valence-corrected chi connectivity index (χ1v) is 12.7. The fraction of sp³-hybridized carbons (Fsp3) is 0.478. The molecule has 1 saturated heterocycles. The molecule has 0 unspecified atom stereocenters. The smallest absolute Gasteiger partial charge is 0.245 e. The summed E-state index contributed by atoms with van der Waals surface area (Å²) in [6.07, 6.45) is 3.50. The Bertz CT molecular complexity index is 1120. The molecule has 0 atom stereocenters. The number of rotatable bonds is 8. The van der Waals surface area contributed by atoms with Gasteiger partial charge in [0.25, 0.3) is 0 Å². The van der Waals surface area contributed by atoms with Crippen molar-refractivity contribution in [1.29, 1.82) is 0 Å². The minimum atomic E-state index is -4.30. The lowest BCUT2D eigenvalue weighted by Crippen LogP contribution is -2.42. The van der Waals surface area contributed by atoms with Crippen molar-refractivity contribution in [3.63, 3.8) is 0 Å². The van der Waals surface area contributed by atoms with Crippen molar-refractivity contribution in [1.82, 2.24) is 9.21 Å². The Kier molecular flexibility index (Phi) is 7.23. The first-order chi connectivity index (χ1) is 15.6. The molecule has 5 nitrogen and oxygen atoms in total. The van der Waals surface area contributed by atoms with Gasteiger partial charge in [-0.05, 0) is 62.4 Å². The number of halogens is 4. The van der Waals surface area contributed by atoms with Crippen molar-refractivity contribution in [2.75, 3.05) is 26.7 Å². The topological polar surface area (TPSA) is 49.9 Å². The van der Waals surface area contributed by atoms with E-state index in [0.717, 1.165) is 29.5 Å². The van der Waals surface area contributed by atoms with Gasteiger partial charge in [-0.2, -0.15) is 0 Å². The summed E-state index contributed by atoms with van der Waals surface area (Å²) >= 11 is 6.57. The highest BCUT2D eigenvalue weighted by atomic mass is 35.5. The molecule has 2 fully saturated rings. The second-order valence-electron chi connectivity index (χ2n) is 8.77. The molecule has 33 heavy (non-hydrogen) atoms. The van der Waals surface area contributed by atoms with Crippen molar-refractivity contribution in [3.8, 4) is 5.75 Å². The van der Waals surface area contributed by atoms with Crippen LogP contribution in [0.15, 0.2) is 35.2 Å². The van der Waals surface area contributed by atoms with E-state index in [9.17, 15) is 21.6 Å². The van der Waals surface area contributed by atoms with E-state index in [0.29, 0.717) is 29.7 Å². The van der Waals surface area contributed by atoms with Gasteiger partial charge < -0.3 is 4.74 Å². The van der Waals surface area contributed by atoms with E-state index < -0.39 is 32.4 Å². The lowest BCUT2D eigenvalue weighted by Gasteiger charge is -2.37. The van der Waals surface area contributed by atoms with E-state index in [4.69, 9.17) is 16.3 Å². The van der Waals surface area contributed by atoms with E-state index in [-0.39, 0.29) is 24.6 Å². The number of benzene rings is 2. The van der Waals surface area contributed by atoms with Gasteiger partial charge in [0, 0.05) is 26.2 Å². The predicted octanol–water partition coefficient (Wildman–Crippen LogP) is 4.83. The third kappa shape index (κ3) is 5.31. The molecule has 0 radical (unpaired) electrons. The Balaban J connectivity index is 1.33.